The Hall–Kier alpha value is -0.410. The highest BCUT2D eigenvalue weighted by molar-refractivity contribution is 5.82. The molecule has 0 aliphatic heterocycles. The summed E-state index contributed by atoms with van der Waals surface area (Å²) in [5.41, 5.74) is 2.37. The Labute approximate surface area is 62.0 Å². The molecule has 0 saturated heterocycles. The van der Waals surface area contributed by atoms with Gasteiger partial charge in [-0.05, 0) is 12.8 Å². The smallest absolute Gasteiger partial charge is 0.151 e. The number of carbonyl (C=O) groups excluding carboxylic acids is 1. The normalized spacial score (nSPS) is 10.4. The van der Waals surface area contributed by atoms with Gasteiger partial charge in [0.1, 0.15) is 0 Å². The zero-order valence-corrected chi connectivity index (χ0v) is 6.68. The molecule has 0 aromatic rings. The van der Waals surface area contributed by atoms with Crippen LogP contribution in [0.5, 0.6) is 0 Å². The number of Topliss-reactive ketones (excluding diaryl/α,β-unsaturated/α-hetero) is 1. The molecule has 0 aromatic heterocycles. The first kappa shape index (κ1) is 9.59. The Morgan fingerprint density at radius 2 is 2.00 bits per heavy atom. The third-order valence-corrected chi connectivity index (χ3v) is 1.72. The van der Waals surface area contributed by atoms with Gasteiger partial charge in [0.25, 0.3) is 0 Å². The zero-order chi connectivity index (χ0) is 7.98. The van der Waals surface area contributed by atoms with E-state index in [-0.39, 0.29) is 11.7 Å². The molecule has 0 amide bonds. The number of hydrogen-bond donors (Lipinski definition) is 2. The van der Waals surface area contributed by atoms with Crippen LogP contribution in [0, 0.1) is 5.92 Å². The van der Waals surface area contributed by atoms with Gasteiger partial charge in [-0.25, -0.2) is 0 Å². The molecule has 10 heavy (non-hydrogen) atoms. The molecule has 0 fully saturated rings. The standard InChI is InChI=1S/C7H16N2O/c1-3-6(4-2)7(10)5-9-8/h6,9H,3-5,8H2,1-2H3. The largest absolute Gasteiger partial charge is 0.298 e. The van der Waals surface area contributed by atoms with Crippen LogP contribution in [0.1, 0.15) is 26.7 Å². The first-order valence-electron chi connectivity index (χ1n) is 3.72. The molecular formula is C7H16N2O. The van der Waals surface area contributed by atoms with E-state index in [9.17, 15) is 4.79 Å². The Balaban J connectivity index is 3.65. The molecule has 0 radical (unpaired) electrons. The average Bonchev–Trinajstić information content (AvgIpc) is 1.91. The lowest BCUT2D eigenvalue weighted by atomic mass is 9.98. The molecule has 3 nitrogen and oxygen atoms in total. The summed E-state index contributed by atoms with van der Waals surface area (Å²) in [5.74, 6) is 5.41. The number of carbonyl (C=O) groups is 1. The molecule has 0 aliphatic rings. The summed E-state index contributed by atoms with van der Waals surface area (Å²) in [6.45, 7) is 4.33. The van der Waals surface area contributed by atoms with Crippen molar-refractivity contribution in [2.75, 3.05) is 6.54 Å². The van der Waals surface area contributed by atoms with Crippen LogP contribution in [0.3, 0.4) is 0 Å². The maximum absolute atomic E-state index is 11.1. The molecule has 3 heteroatoms. The van der Waals surface area contributed by atoms with Crippen LogP contribution in [0.2, 0.25) is 0 Å². The van der Waals surface area contributed by atoms with E-state index in [1.54, 1.807) is 0 Å². The van der Waals surface area contributed by atoms with E-state index in [4.69, 9.17) is 5.84 Å². The molecule has 0 heterocycles. The molecule has 0 aromatic carbocycles. The number of nitrogens with one attached hydrogen (secondary N) is 1. The molecule has 0 rings (SSSR count). The number of rotatable bonds is 5. The highest BCUT2D eigenvalue weighted by Crippen LogP contribution is 2.07. The van der Waals surface area contributed by atoms with Crippen LogP contribution < -0.4 is 11.3 Å². The van der Waals surface area contributed by atoms with Gasteiger partial charge in [-0.15, -0.1) is 0 Å². The van der Waals surface area contributed by atoms with Crippen molar-refractivity contribution in [3.8, 4) is 0 Å². The number of hydrazine groups is 1. The minimum Gasteiger partial charge on any atom is -0.298 e. The predicted octanol–water partition coefficient (Wildman–Crippen LogP) is 0.455. The molecule has 0 unspecified atom stereocenters. The van der Waals surface area contributed by atoms with E-state index < -0.39 is 0 Å². The fourth-order valence-electron chi connectivity index (χ4n) is 0.989. The van der Waals surface area contributed by atoms with E-state index in [2.05, 4.69) is 5.43 Å². The topological polar surface area (TPSA) is 55.1 Å². The highest BCUT2D eigenvalue weighted by atomic mass is 16.1. The van der Waals surface area contributed by atoms with Crippen molar-refractivity contribution in [2.45, 2.75) is 26.7 Å². The number of ketones is 1. The van der Waals surface area contributed by atoms with Gasteiger partial charge in [0.2, 0.25) is 0 Å². The van der Waals surface area contributed by atoms with Gasteiger partial charge in [-0.2, -0.15) is 0 Å². The van der Waals surface area contributed by atoms with Gasteiger partial charge in [0, 0.05) is 5.92 Å². The highest BCUT2D eigenvalue weighted by Gasteiger charge is 2.11. The van der Waals surface area contributed by atoms with Crippen LogP contribution in [-0.2, 0) is 4.79 Å². The zero-order valence-electron chi connectivity index (χ0n) is 6.68. The summed E-state index contributed by atoms with van der Waals surface area (Å²) in [6.07, 6.45) is 1.83. The Bertz CT molecular complexity index is 99.8. The fourth-order valence-corrected chi connectivity index (χ4v) is 0.989. The van der Waals surface area contributed by atoms with Crippen LogP contribution in [-0.4, -0.2) is 12.3 Å². The second-order valence-corrected chi connectivity index (χ2v) is 2.36. The van der Waals surface area contributed by atoms with Crippen molar-refractivity contribution in [3.63, 3.8) is 0 Å². The van der Waals surface area contributed by atoms with Crippen molar-refractivity contribution in [2.24, 2.45) is 11.8 Å². The lowest BCUT2D eigenvalue weighted by Crippen LogP contribution is -2.32. The second kappa shape index (κ2) is 5.38. The summed E-state index contributed by atoms with van der Waals surface area (Å²) >= 11 is 0. The molecule has 3 N–H and O–H groups in total. The van der Waals surface area contributed by atoms with E-state index >= 15 is 0 Å². The van der Waals surface area contributed by atoms with Gasteiger partial charge in [0.15, 0.2) is 5.78 Å². The minimum absolute atomic E-state index is 0.191. The summed E-state index contributed by atoms with van der Waals surface area (Å²) in [7, 11) is 0. The van der Waals surface area contributed by atoms with Gasteiger partial charge in [0.05, 0.1) is 6.54 Å². The quantitative estimate of drug-likeness (QED) is 0.435. The van der Waals surface area contributed by atoms with Crippen molar-refractivity contribution < 1.29 is 4.79 Å². The van der Waals surface area contributed by atoms with E-state index in [0.717, 1.165) is 12.8 Å². The van der Waals surface area contributed by atoms with Crippen LogP contribution in [0.25, 0.3) is 0 Å². The molecule has 0 spiro atoms. The fraction of sp³-hybridized carbons (Fsp3) is 0.857. The molecule has 0 saturated carbocycles. The lowest BCUT2D eigenvalue weighted by molar-refractivity contribution is -0.122. The molecule has 0 atom stereocenters. The van der Waals surface area contributed by atoms with E-state index in [1.807, 2.05) is 13.8 Å². The third kappa shape index (κ3) is 2.94. The van der Waals surface area contributed by atoms with Gasteiger partial charge in [-0.3, -0.25) is 16.1 Å². The Kier molecular flexibility index (Phi) is 5.16. The molecule has 0 aliphatic carbocycles. The van der Waals surface area contributed by atoms with Crippen molar-refractivity contribution in [3.05, 3.63) is 0 Å². The monoisotopic (exact) mass is 144 g/mol. The van der Waals surface area contributed by atoms with Crippen LogP contribution >= 0.6 is 0 Å². The van der Waals surface area contributed by atoms with Gasteiger partial charge < -0.3 is 0 Å². The van der Waals surface area contributed by atoms with Crippen molar-refractivity contribution in [1.29, 1.82) is 0 Å². The molecule has 60 valence electrons. The second-order valence-electron chi connectivity index (χ2n) is 2.36. The van der Waals surface area contributed by atoms with E-state index in [0.29, 0.717) is 6.54 Å². The average molecular weight is 144 g/mol. The third-order valence-electron chi connectivity index (χ3n) is 1.72. The summed E-state index contributed by atoms with van der Waals surface area (Å²) < 4.78 is 0. The van der Waals surface area contributed by atoms with Crippen LogP contribution in [0.4, 0.5) is 0 Å². The lowest BCUT2D eigenvalue weighted by Gasteiger charge is -2.09. The number of hydrogen-bond acceptors (Lipinski definition) is 3. The maximum atomic E-state index is 11.1. The summed E-state index contributed by atoms with van der Waals surface area (Å²) in [5, 5.41) is 0. The predicted molar refractivity (Wildman–Crippen MR) is 41.3 cm³/mol. The van der Waals surface area contributed by atoms with Crippen molar-refractivity contribution in [1.82, 2.24) is 5.43 Å². The summed E-state index contributed by atoms with van der Waals surface area (Å²) in [6, 6.07) is 0. The number of nitrogens with two attached hydrogens (primary N) is 1. The first-order valence-corrected chi connectivity index (χ1v) is 3.72. The summed E-state index contributed by atoms with van der Waals surface area (Å²) in [4.78, 5) is 11.1. The van der Waals surface area contributed by atoms with Crippen molar-refractivity contribution >= 4 is 5.78 Å². The van der Waals surface area contributed by atoms with Crippen LogP contribution in [0.15, 0.2) is 0 Å². The van der Waals surface area contributed by atoms with E-state index in [1.165, 1.54) is 0 Å². The van der Waals surface area contributed by atoms with Gasteiger partial charge in [-0.1, -0.05) is 13.8 Å². The maximum Gasteiger partial charge on any atom is 0.151 e. The minimum atomic E-state index is 0.191. The van der Waals surface area contributed by atoms with Gasteiger partial charge >= 0.3 is 0 Å². The Morgan fingerprint density at radius 3 is 2.30 bits per heavy atom. The SMILES string of the molecule is CCC(CC)C(=O)CNN. The Morgan fingerprint density at radius 1 is 1.50 bits per heavy atom. The first-order chi connectivity index (χ1) is 4.76. The molecule has 0 bridgehead atoms. The molecular weight excluding hydrogens is 128 g/mol.